The molecule has 3 aromatic rings. The number of anilines is 4. The predicted octanol–water partition coefficient (Wildman–Crippen LogP) is 3.98. The van der Waals surface area contributed by atoms with Gasteiger partial charge in [-0.15, -0.1) is 0 Å². The van der Waals surface area contributed by atoms with Crippen LogP contribution in [0.4, 0.5) is 27.7 Å². The summed E-state index contributed by atoms with van der Waals surface area (Å²) in [4.78, 5) is 28.3. The Labute approximate surface area is 166 Å². The Bertz CT molecular complexity index is 1020. The van der Waals surface area contributed by atoms with Gasteiger partial charge >= 0.3 is 5.97 Å². The third-order valence-corrected chi connectivity index (χ3v) is 3.72. The van der Waals surface area contributed by atoms with Gasteiger partial charge in [-0.25, -0.2) is 14.2 Å². The maximum absolute atomic E-state index is 14.2. The van der Waals surface area contributed by atoms with Crippen molar-refractivity contribution < 1.29 is 19.0 Å². The standard InChI is InChI=1S/C19H21FN6O3/c1-11(27)28-29-13-7-5-6-12(8-13)22-18-21-10-14(20)17(24-18)23-16-9-15(25-26-16)19(2,3)4/h5-10H,1-4H3,(H3,21,22,23,24,25,26). The highest BCUT2D eigenvalue weighted by molar-refractivity contribution is 5.65. The minimum atomic E-state index is -0.622. The molecule has 2 aromatic heterocycles. The van der Waals surface area contributed by atoms with Crippen LogP contribution in [0.15, 0.2) is 36.5 Å². The van der Waals surface area contributed by atoms with Gasteiger partial charge in [0.2, 0.25) is 5.95 Å². The molecule has 0 aliphatic carbocycles. The van der Waals surface area contributed by atoms with Gasteiger partial charge in [0.05, 0.1) is 6.20 Å². The summed E-state index contributed by atoms with van der Waals surface area (Å²) < 4.78 is 14.2. The molecular weight excluding hydrogens is 379 g/mol. The molecule has 0 aliphatic rings. The van der Waals surface area contributed by atoms with Crippen molar-refractivity contribution in [2.24, 2.45) is 0 Å². The number of H-pyrrole nitrogens is 1. The molecule has 0 saturated heterocycles. The molecule has 0 spiro atoms. The molecule has 0 atom stereocenters. The van der Waals surface area contributed by atoms with E-state index in [1.54, 1.807) is 30.3 Å². The number of hydrogen-bond donors (Lipinski definition) is 3. The SMILES string of the molecule is CC(=O)OOc1cccc(Nc2ncc(F)c(Nc3cc(C(C)(C)C)[nH]n3)n2)c1. The summed E-state index contributed by atoms with van der Waals surface area (Å²) in [5, 5.41) is 12.8. The van der Waals surface area contributed by atoms with Gasteiger partial charge in [-0.2, -0.15) is 10.1 Å². The molecule has 3 rings (SSSR count). The molecule has 0 fully saturated rings. The van der Waals surface area contributed by atoms with Crippen LogP contribution in [0.1, 0.15) is 33.4 Å². The molecule has 0 amide bonds. The van der Waals surface area contributed by atoms with Crippen LogP contribution in [0.3, 0.4) is 0 Å². The summed E-state index contributed by atoms with van der Waals surface area (Å²) in [5.74, 6) is -0.323. The summed E-state index contributed by atoms with van der Waals surface area (Å²) in [7, 11) is 0. The van der Waals surface area contributed by atoms with Gasteiger partial charge in [-0.05, 0) is 12.1 Å². The summed E-state index contributed by atoms with van der Waals surface area (Å²) in [6.45, 7) is 7.34. The van der Waals surface area contributed by atoms with Crippen molar-refractivity contribution in [3.8, 4) is 5.75 Å². The Hall–Kier alpha value is -3.69. The lowest BCUT2D eigenvalue weighted by Gasteiger charge is -2.14. The first kappa shape index (κ1) is 20.1. The molecule has 29 heavy (non-hydrogen) atoms. The second-order valence-electron chi connectivity index (χ2n) is 7.24. The van der Waals surface area contributed by atoms with Crippen LogP contribution in [-0.4, -0.2) is 26.1 Å². The van der Waals surface area contributed by atoms with Gasteiger partial charge in [0.1, 0.15) is 0 Å². The fourth-order valence-electron chi connectivity index (χ4n) is 2.27. The minimum Gasteiger partial charge on any atom is -0.324 e. The summed E-state index contributed by atoms with van der Waals surface area (Å²) in [6, 6.07) is 8.39. The second kappa shape index (κ2) is 8.13. The highest BCUT2D eigenvalue weighted by atomic mass is 19.1. The molecule has 0 unspecified atom stereocenters. The van der Waals surface area contributed by atoms with Gasteiger partial charge in [0, 0.05) is 35.9 Å². The summed E-state index contributed by atoms with van der Waals surface area (Å²) in [6.07, 6.45) is 1.05. The lowest BCUT2D eigenvalue weighted by molar-refractivity contribution is -0.210. The van der Waals surface area contributed by atoms with E-state index >= 15 is 0 Å². The van der Waals surface area contributed by atoms with Crippen molar-refractivity contribution >= 4 is 29.2 Å². The molecule has 0 saturated carbocycles. The molecule has 0 bridgehead atoms. The van der Waals surface area contributed by atoms with Crippen molar-refractivity contribution in [3.05, 3.63) is 48.0 Å². The van der Waals surface area contributed by atoms with Crippen molar-refractivity contribution in [1.82, 2.24) is 20.2 Å². The molecule has 10 heteroatoms. The number of benzene rings is 1. The van der Waals surface area contributed by atoms with Crippen LogP contribution in [0, 0.1) is 5.82 Å². The lowest BCUT2D eigenvalue weighted by atomic mass is 9.92. The van der Waals surface area contributed by atoms with Crippen molar-refractivity contribution in [2.45, 2.75) is 33.1 Å². The third kappa shape index (κ3) is 5.41. The van der Waals surface area contributed by atoms with Gasteiger partial charge in [-0.3, -0.25) is 14.9 Å². The molecule has 0 aliphatic heterocycles. The minimum absolute atomic E-state index is 0.0261. The maximum Gasteiger partial charge on any atom is 0.352 e. The zero-order valence-corrected chi connectivity index (χ0v) is 16.4. The molecule has 0 radical (unpaired) electrons. The molecule has 3 N–H and O–H groups in total. The van der Waals surface area contributed by atoms with Crippen LogP contribution in [0.25, 0.3) is 0 Å². The first-order valence-corrected chi connectivity index (χ1v) is 8.78. The van der Waals surface area contributed by atoms with E-state index in [1.165, 1.54) is 6.92 Å². The van der Waals surface area contributed by atoms with Crippen molar-refractivity contribution in [1.29, 1.82) is 0 Å². The second-order valence-corrected chi connectivity index (χ2v) is 7.24. The fourth-order valence-corrected chi connectivity index (χ4v) is 2.27. The maximum atomic E-state index is 14.2. The van der Waals surface area contributed by atoms with E-state index in [4.69, 9.17) is 4.89 Å². The average Bonchev–Trinajstić information content (AvgIpc) is 3.12. The third-order valence-electron chi connectivity index (χ3n) is 3.72. The number of halogens is 1. The first-order chi connectivity index (χ1) is 13.7. The quantitative estimate of drug-likeness (QED) is 0.420. The zero-order chi connectivity index (χ0) is 21.0. The number of rotatable bonds is 6. The van der Waals surface area contributed by atoms with Gasteiger partial charge < -0.3 is 10.6 Å². The summed E-state index contributed by atoms with van der Waals surface area (Å²) >= 11 is 0. The average molecular weight is 400 g/mol. The van der Waals surface area contributed by atoms with E-state index in [9.17, 15) is 9.18 Å². The number of nitrogens with one attached hydrogen (secondary N) is 3. The van der Waals surface area contributed by atoms with Gasteiger partial charge in [0.25, 0.3) is 0 Å². The van der Waals surface area contributed by atoms with E-state index in [-0.39, 0.29) is 17.2 Å². The number of aromatic nitrogens is 4. The Morgan fingerprint density at radius 3 is 2.69 bits per heavy atom. The van der Waals surface area contributed by atoms with Crippen LogP contribution in [0.2, 0.25) is 0 Å². The predicted molar refractivity (Wildman–Crippen MR) is 105 cm³/mol. The first-order valence-electron chi connectivity index (χ1n) is 8.78. The molecular formula is C19H21FN6O3. The number of aromatic amines is 1. The van der Waals surface area contributed by atoms with E-state index in [0.29, 0.717) is 17.3 Å². The smallest absolute Gasteiger partial charge is 0.324 e. The lowest BCUT2D eigenvalue weighted by Crippen LogP contribution is -2.11. The number of nitrogens with zero attached hydrogens (tertiary/aromatic N) is 3. The molecule has 152 valence electrons. The van der Waals surface area contributed by atoms with Crippen LogP contribution in [-0.2, 0) is 15.1 Å². The van der Waals surface area contributed by atoms with Crippen LogP contribution < -0.4 is 15.5 Å². The Morgan fingerprint density at radius 1 is 1.21 bits per heavy atom. The Balaban J connectivity index is 1.75. The topological polar surface area (TPSA) is 114 Å². The normalized spacial score (nSPS) is 11.1. The van der Waals surface area contributed by atoms with E-state index < -0.39 is 11.8 Å². The number of carbonyl (C=O) groups is 1. The zero-order valence-electron chi connectivity index (χ0n) is 16.4. The van der Waals surface area contributed by atoms with E-state index in [0.717, 1.165) is 11.9 Å². The largest absolute Gasteiger partial charge is 0.352 e. The van der Waals surface area contributed by atoms with Gasteiger partial charge in [0.15, 0.2) is 23.2 Å². The summed E-state index contributed by atoms with van der Waals surface area (Å²) in [5.41, 5.74) is 1.34. The van der Waals surface area contributed by atoms with Crippen LogP contribution in [0.5, 0.6) is 5.75 Å². The molecule has 1 aromatic carbocycles. The molecule has 9 nitrogen and oxygen atoms in total. The van der Waals surface area contributed by atoms with Gasteiger partial charge in [-0.1, -0.05) is 26.8 Å². The van der Waals surface area contributed by atoms with E-state index in [1.807, 2.05) is 20.8 Å². The van der Waals surface area contributed by atoms with Crippen molar-refractivity contribution in [2.75, 3.05) is 10.6 Å². The monoisotopic (exact) mass is 400 g/mol. The number of hydrogen-bond acceptors (Lipinski definition) is 8. The van der Waals surface area contributed by atoms with Crippen molar-refractivity contribution in [3.63, 3.8) is 0 Å². The fraction of sp³-hybridized carbons (Fsp3) is 0.263. The Kier molecular flexibility index (Phi) is 5.62. The number of carbonyl (C=O) groups excluding carboxylic acids is 1. The molecule has 2 heterocycles. The Morgan fingerprint density at radius 2 is 2.00 bits per heavy atom. The highest BCUT2D eigenvalue weighted by Gasteiger charge is 2.17. The highest BCUT2D eigenvalue weighted by Crippen LogP contribution is 2.25. The van der Waals surface area contributed by atoms with E-state index in [2.05, 4.69) is 35.7 Å². The van der Waals surface area contributed by atoms with Crippen LogP contribution >= 0.6 is 0 Å².